The molecule has 4 nitrogen and oxygen atoms in total. The van der Waals surface area contributed by atoms with Crippen LogP contribution in [0.15, 0.2) is 36.5 Å². The molecule has 0 unspecified atom stereocenters. The number of nitrogens with zero attached hydrogens (tertiary/aromatic N) is 2. The van der Waals surface area contributed by atoms with Crippen molar-refractivity contribution in [3.63, 3.8) is 0 Å². The number of hydrogen-bond donors (Lipinski definition) is 1. The van der Waals surface area contributed by atoms with E-state index in [1.165, 1.54) is 5.56 Å². The molecule has 2 heterocycles. The molecule has 0 aliphatic carbocycles. The summed E-state index contributed by atoms with van der Waals surface area (Å²) >= 11 is 0. The molecule has 0 bridgehead atoms. The molecule has 0 fully saturated rings. The Bertz CT molecular complexity index is 673. The monoisotopic (exact) mass is 284 g/mol. The van der Waals surface area contributed by atoms with Crippen LogP contribution in [0.4, 0.5) is 0 Å². The second-order valence-electron chi connectivity index (χ2n) is 5.82. The van der Waals surface area contributed by atoms with Gasteiger partial charge in [-0.25, -0.2) is 0 Å². The van der Waals surface area contributed by atoms with Crippen molar-refractivity contribution in [2.24, 2.45) is 0 Å². The molecular formula is C17H20N2O2. The Morgan fingerprint density at radius 1 is 1.24 bits per heavy atom. The van der Waals surface area contributed by atoms with Crippen molar-refractivity contribution in [1.82, 2.24) is 9.47 Å². The highest BCUT2D eigenvalue weighted by Crippen LogP contribution is 2.24. The predicted molar refractivity (Wildman–Crippen MR) is 81.4 cm³/mol. The number of carbonyl (C=O) groups is 1. The summed E-state index contributed by atoms with van der Waals surface area (Å²) < 4.78 is 2.00. The first kappa shape index (κ1) is 13.7. The van der Waals surface area contributed by atoms with Crippen LogP contribution in [0.2, 0.25) is 0 Å². The number of phenolic OH excluding ortho intramolecular Hbond substituents is 1. The summed E-state index contributed by atoms with van der Waals surface area (Å²) in [6, 6.07) is 9.47. The number of carbonyl (C=O) groups excluding carboxylic acids is 1. The summed E-state index contributed by atoms with van der Waals surface area (Å²) in [6.07, 6.45) is 2.78. The third-order valence-electron chi connectivity index (χ3n) is 4.04. The van der Waals surface area contributed by atoms with E-state index < -0.39 is 0 Å². The molecule has 2 aromatic rings. The zero-order chi connectivity index (χ0) is 15.0. The van der Waals surface area contributed by atoms with Gasteiger partial charge in [-0.05, 0) is 55.7 Å². The molecule has 1 aromatic carbocycles. The number of hydrogen-bond acceptors (Lipinski definition) is 2. The van der Waals surface area contributed by atoms with Crippen LogP contribution in [0.5, 0.6) is 5.75 Å². The van der Waals surface area contributed by atoms with Gasteiger partial charge in [-0.15, -0.1) is 0 Å². The average molecular weight is 284 g/mol. The van der Waals surface area contributed by atoms with Crippen molar-refractivity contribution in [3.05, 3.63) is 53.3 Å². The van der Waals surface area contributed by atoms with Gasteiger partial charge in [-0.3, -0.25) is 4.79 Å². The number of rotatable bonds is 2. The van der Waals surface area contributed by atoms with Crippen molar-refractivity contribution in [1.29, 1.82) is 0 Å². The molecule has 21 heavy (non-hydrogen) atoms. The van der Waals surface area contributed by atoms with Crippen molar-refractivity contribution in [3.8, 4) is 5.75 Å². The maximum Gasteiger partial charge on any atom is 0.270 e. The number of fused-ring (bicyclic) bond motifs is 1. The van der Waals surface area contributed by atoms with Gasteiger partial charge in [0.1, 0.15) is 11.4 Å². The van der Waals surface area contributed by atoms with Crippen LogP contribution in [0.25, 0.3) is 0 Å². The Morgan fingerprint density at radius 3 is 2.81 bits per heavy atom. The van der Waals surface area contributed by atoms with Gasteiger partial charge in [0.25, 0.3) is 5.91 Å². The highest BCUT2D eigenvalue weighted by atomic mass is 16.3. The van der Waals surface area contributed by atoms with Gasteiger partial charge in [-0.1, -0.05) is 6.07 Å². The molecule has 0 saturated carbocycles. The topological polar surface area (TPSA) is 45.5 Å². The van der Waals surface area contributed by atoms with E-state index in [1.54, 1.807) is 12.1 Å². The van der Waals surface area contributed by atoms with E-state index in [0.29, 0.717) is 6.54 Å². The molecule has 1 aliphatic rings. The minimum Gasteiger partial charge on any atom is -0.508 e. The fourth-order valence-electron chi connectivity index (χ4n) is 2.90. The number of phenols is 1. The Morgan fingerprint density at radius 2 is 2.05 bits per heavy atom. The zero-order valence-electron chi connectivity index (χ0n) is 12.4. The molecule has 1 aromatic heterocycles. The smallest absolute Gasteiger partial charge is 0.270 e. The molecule has 1 aliphatic heterocycles. The van der Waals surface area contributed by atoms with Gasteiger partial charge in [-0.2, -0.15) is 0 Å². The molecule has 3 rings (SSSR count). The van der Waals surface area contributed by atoms with E-state index in [1.807, 2.05) is 33.9 Å². The van der Waals surface area contributed by atoms with Crippen LogP contribution < -0.4 is 0 Å². The normalized spacial score (nSPS) is 14.3. The summed E-state index contributed by atoms with van der Waals surface area (Å²) in [6.45, 7) is 5.42. The van der Waals surface area contributed by atoms with Crippen LogP contribution in [0.3, 0.4) is 0 Å². The van der Waals surface area contributed by atoms with Gasteiger partial charge in [0.15, 0.2) is 0 Å². The molecule has 1 N–H and O–H groups in total. The van der Waals surface area contributed by atoms with Crippen molar-refractivity contribution >= 4 is 5.91 Å². The number of benzene rings is 1. The molecule has 110 valence electrons. The first-order valence-corrected chi connectivity index (χ1v) is 7.33. The van der Waals surface area contributed by atoms with E-state index in [-0.39, 0.29) is 17.7 Å². The van der Waals surface area contributed by atoms with Crippen molar-refractivity contribution < 1.29 is 9.90 Å². The fraction of sp³-hybridized carbons (Fsp3) is 0.353. The average Bonchev–Trinajstić information content (AvgIpc) is 2.95. The van der Waals surface area contributed by atoms with Gasteiger partial charge >= 0.3 is 0 Å². The number of amides is 1. The van der Waals surface area contributed by atoms with Gasteiger partial charge < -0.3 is 14.6 Å². The molecule has 1 amide bonds. The first-order chi connectivity index (χ1) is 10.1. The summed E-state index contributed by atoms with van der Waals surface area (Å²) in [5.41, 5.74) is 2.99. The molecule has 4 heteroatoms. The number of aromatic hydroxyl groups is 1. The van der Waals surface area contributed by atoms with E-state index in [0.717, 1.165) is 24.2 Å². The summed E-state index contributed by atoms with van der Waals surface area (Å²) in [5.74, 6) is 0.316. The Hall–Kier alpha value is -2.23. The van der Waals surface area contributed by atoms with E-state index >= 15 is 0 Å². The van der Waals surface area contributed by atoms with Gasteiger partial charge in [0.2, 0.25) is 0 Å². The Labute approximate surface area is 124 Å². The standard InChI is InChI=1S/C17H20N2O2/c1-12(2)19-8-3-4-16(19)17(21)18-9-7-13-5-6-15(20)10-14(13)11-18/h3-6,8,10,12,20H,7,9,11H2,1-2H3. The van der Waals surface area contributed by atoms with E-state index in [9.17, 15) is 9.90 Å². The maximum atomic E-state index is 12.7. The molecular weight excluding hydrogens is 264 g/mol. The van der Waals surface area contributed by atoms with Crippen LogP contribution in [-0.2, 0) is 13.0 Å². The zero-order valence-corrected chi connectivity index (χ0v) is 12.4. The summed E-state index contributed by atoms with van der Waals surface area (Å²) in [7, 11) is 0. The highest BCUT2D eigenvalue weighted by Gasteiger charge is 2.24. The predicted octanol–water partition coefficient (Wildman–Crippen LogP) is 2.97. The molecule has 0 spiro atoms. The molecule has 0 atom stereocenters. The maximum absolute atomic E-state index is 12.7. The van der Waals surface area contributed by atoms with Crippen LogP contribution in [0, 0.1) is 0 Å². The van der Waals surface area contributed by atoms with E-state index in [2.05, 4.69) is 13.8 Å². The Kier molecular flexibility index (Phi) is 3.45. The lowest BCUT2D eigenvalue weighted by atomic mass is 9.99. The van der Waals surface area contributed by atoms with Crippen molar-refractivity contribution in [2.75, 3.05) is 6.54 Å². The second kappa shape index (κ2) is 5.28. The lowest BCUT2D eigenvalue weighted by Gasteiger charge is -2.29. The van der Waals surface area contributed by atoms with Crippen LogP contribution in [-0.4, -0.2) is 27.0 Å². The minimum absolute atomic E-state index is 0.0580. The highest BCUT2D eigenvalue weighted by molar-refractivity contribution is 5.93. The number of aromatic nitrogens is 1. The second-order valence-corrected chi connectivity index (χ2v) is 5.82. The largest absolute Gasteiger partial charge is 0.508 e. The summed E-state index contributed by atoms with van der Waals surface area (Å²) in [4.78, 5) is 14.6. The molecule has 0 saturated heterocycles. The third-order valence-corrected chi connectivity index (χ3v) is 4.04. The fourth-order valence-corrected chi connectivity index (χ4v) is 2.90. The van der Waals surface area contributed by atoms with Crippen LogP contribution >= 0.6 is 0 Å². The lowest BCUT2D eigenvalue weighted by molar-refractivity contribution is 0.0722. The van der Waals surface area contributed by atoms with Crippen LogP contribution in [0.1, 0.15) is 41.5 Å². The lowest BCUT2D eigenvalue weighted by Crippen LogP contribution is -2.37. The quantitative estimate of drug-likeness (QED) is 0.921. The summed E-state index contributed by atoms with van der Waals surface area (Å²) in [5, 5.41) is 9.61. The SMILES string of the molecule is CC(C)n1cccc1C(=O)N1CCc2ccc(O)cc2C1. The van der Waals surface area contributed by atoms with Crippen molar-refractivity contribution in [2.45, 2.75) is 32.9 Å². The first-order valence-electron chi connectivity index (χ1n) is 7.33. The third kappa shape index (κ3) is 2.53. The molecule has 0 radical (unpaired) electrons. The van der Waals surface area contributed by atoms with Gasteiger partial charge in [0, 0.05) is 25.3 Å². The minimum atomic E-state index is 0.0580. The van der Waals surface area contributed by atoms with Gasteiger partial charge in [0.05, 0.1) is 0 Å². The Balaban J connectivity index is 1.85. The van der Waals surface area contributed by atoms with E-state index in [4.69, 9.17) is 0 Å².